The molecule has 17 heavy (non-hydrogen) atoms. The third kappa shape index (κ3) is 3.10. The van der Waals surface area contributed by atoms with E-state index in [4.69, 9.17) is 17.3 Å². The second kappa shape index (κ2) is 5.88. The van der Waals surface area contributed by atoms with Gasteiger partial charge in [0.25, 0.3) is 0 Å². The predicted molar refractivity (Wildman–Crippen MR) is 69.1 cm³/mol. The van der Waals surface area contributed by atoms with Crippen LogP contribution in [0.15, 0.2) is 21.6 Å². The Morgan fingerprint density at radius 3 is 2.82 bits per heavy atom. The summed E-state index contributed by atoms with van der Waals surface area (Å²) in [5.41, 5.74) is 5.90. The molecule has 0 saturated carbocycles. The third-order valence-corrected chi connectivity index (χ3v) is 2.96. The van der Waals surface area contributed by atoms with Crippen molar-refractivity contribution in [3.8, 4) is 5.75 Å². The van der Waals surface area contributed by atoms with E-state index in [9.17, 15) is 9.90 Å². The Kier molecular flexibility index (Phi) is 4.77. The van der Waals surface area contributed by atoms with Crippen LogP contribution in [-0.2, 0) is 4.74 Å². The molecule has 0 aromatic heterocycles. The first-order chi connectivity index (χ1) is 8.01. The highest BCUT2D eigenvalue weighted by molar-refractivity contribution is 9.10. The van der Waals surface area contributed by atoms with Gasteiger partial charge in [-0.2, -0.15) is 0 Å². The topological polar surface area (TPSA) is 84.9 Å². The van der Waals surface area contributed by atoms with E-state index in [1.807, 2.05) is 0 Å². The maximum absolute atomic E-state index is 11.3. The van der Waals surface area contributed by atoms with Crippen molar-refractivity contribution < 1.29 is 14.6 Å². The van der Waals surface area contributed by atoms with Gasteiger partial charge in [-0.1, -0.05) is 0 Å². The molecule has 0 atom stereocenters. The first-order valence-electron chi connectivity index (χ1n) is 4.50. The molecule has 5 nitrogen and oxygen atoms in total. The zero-order valence-electron chi connectivity index (χ0n) is 8.91. The van der Waals surface area contributed by atoms with Gasteiger partial charge < -0.3 is 15.6 Å². The van der Waals surface area contributed by atoms with Crippen LogP contribution in [0.2, 0.25) is 0 Å². The van der Waals surface area contributed by atoms with Crippen LogP contribution >= 0.6 is 27.5 Å². The van der Waals surface area contributed by atoms with E-state index in [2.05, 4.69) is 25.7 Å². The van der Waals surface area contributed by atoms with Crippen LogP contribution in [0.4, 0.5) is 5.69 Å². The number of ether oxygens (including phenoxy) is 1. The minimum absolute atomic E-state index is 0.0442. The van der Waals surface area contributed by atoms with E-state index >= 15 is 0 Å². The van der Waals surface area contributed by atoms with Crippen LogP contribution in [0, 0.1) is 0 Å². The summed E-state index contributed by atoms with van der Waals surface area (Å²) in [4.78, 5) is 15.3. The number of aromatic hydroxyl groups is 1. The van der Waals surface area contributed by atoms with Gasteiger partial charge in [0.2, 0.25) is 0 Å². The van der Waals surface area contributed by atoms with Crippen molar-refractivity contribution in [2.45, 2.75) is 0 Å². The SMILES string of the molecule is COC(=O)c1ccc(N=C(N)CCl)c(Br)c1O. The summed E-state index contributed by atoms with van der Waals surface area (Å²) < 4.78 is 4.77. The number of esters is 1. The molecule has 3 N–H and O–H groups in total. The molecule has 0 heterocycles. The van der Waals surface area contributed by atoms with Crippen molar-refractivity contribution in [2.75, 3.05) is 13.0 Å². The molecule has 0 bridgehead atoms. The van der Waals surface area contributed by atoms with E-state index < -0.39 is 5.97 Å². The maximum atomic E-state index is 11.3. The number of nitrogens with two attached hydrogens (primary N) is 1. The number of phenolic OH excluding ortho intramolecular Hbond substituents is 1. The fraction of sp³-hybridized carbons (Fsp3) is 0.200. The van der Waals surface area contributed by atoms with Crippen molar-refractivity contribution in [1.82, 2.24) is 0 Å². The molecule has 0 saturated heterocycles. The van der Waals surface area contributed by atoms with Crippen LogP contribution in [0.25, 0.3) is 0 Å². The maximum Gasteiger partial charge on any atom is 0.341 e. The molecular formula is C10H10BrClN2O3. The van der Waals surface area contributed by atoms with E-state index in [-0.39, 0.29) is 27.5 Å². The number of phenols is 1. The smallest absolute Gasteiger partial charge is 0.341 e. The summed E-state index contributed by atoms with van der Waals surface area (Å²) in [6.07, 6.45) is 0. The summed E-state index contributed by atoms with van der Waals surface area (Å²) in [6.45, 7) is 0. The van der Waals surface area contributed by atoms with Crippen LogP contribution < -0.4 is 5.73 Å². The number of amidine groups is 1. The number of hydrogen-bond donors (Lipinski definition) is 2. The standard InChI is InChI=1S/C10H10BrClN2O3/c1-17-10(16)5-2-3-6(8(11)9(5)15)14-7(13)4-12/h2-3,15H,4H2,1H3,(H2,13,14). The van der Waals surface area contributed by atoms with Gasteiger partial charge in [0, 0.05) is 0 Å². The number of benzene rings is 1. The van der Waals surface area contributed by atoms with Crippen molar-refractivity contribution in [1.29, 1.82) is 0 Å². The molecule has 1 rings (SSSR count). The van der Waals surface area contributed by atoms with Crippen molar-refractivity contribution in [2.24, 2.45) is 10.7 Å². The number of halogens is 2. The zero-order valence-corrected chi connectivity index (χ0v) is 11.2. The van der Waals surface area contributed by atoms with Crippen molar-refractivity contribution in [3.63, 3.8) is 0 Å². The predicted octanol–water partition coefficient (Wildman–Crippen LogP) is 2.17. The Hall–Kier alpha value is -1.27. The lowest BCUT2D eigenvalue weighted by Gasteiger charge is -2.07. The van der Waals surface area contributed by atoms with Gasteiger partial charge in [-0.25, -0.2) is 9.79 Å². The Morgan fingerprint density at radius 2 is 2.29 bits per heavy atom. The van der Waals surface area contributed by atoms with Crippen molar-refractivity contribution in [3.05, 3.63) is 22.2 Å². The highest BCUT2D eigenvalue weighted by Gasteiger charge is 2.16. The van der Waals surface area contributed by atoms with E-state index in [1.54, 1.807) is 0 Å². The molecule has 0 unspecified atom stereocenters. The summed E-state index contributed by atoms with van der Waals surface area (Å²) in [5, 5.41) is 9.77. The molecule has 7 heteroatoms. The quantitative estimate of drug-likeness (QED) is 0.387. The second-order valence-electron chi connectivity index (χ2n) is 3.02. The molecule has 1 aromatic carbocycles. The lowest BCUT2D eigenvalue weighted by Crippen LogP contribution is -2.12. The molecular weight excluding hydrogens is 311 g/mol. The number of aliphatic imine (C=N–C) groups is 1. The van der Waals surface area contributed by atoms with Gasteiger partial charge in [-0.15, -0.1) is 11.6 Å². The lowest BCUT2D eigenvalue weighted by molar-refractivity contribution is 0.0597. The van der Waals surface area contributed by atoms with Crippen LogP contribution in [0.3, 0.4) is 0 Å². The summed E-state index contributed by atoms with van der Waals surface area (Å²) in [5.74, 6) is -0.603. The first kappa shape index (κ1) is 13.8. The van der Waals surface area contributed by atoms with Crippen molar-refractivity contribution >= 4 is 45.0 Å². The molecule has 0 spiro atoms. The van der Waals surface area contributed by atoms with E-state index in [0.717, 1.165) is 0 Å². The van der Waals surface area contributed by atoms with Gasteiger partial charge in [0.05, 0.1) is 23.1 Å². The number of carbonyl (C=O) groups is 1. The van der Waals surface area contributed by atoms with Crippen LogP contribution in [0.1, 0.15) is 10.4 Å². The first-order valence-corrected chi connectivity index (χ1v) is 5.82. The summed E-state index contributed by atoms with van der Waals surface area (Å²) >= 11 is 8.61. The average molecular weight is 322 g/mol. The van der Waals surface area contributed by atoms with E-state index in [1.165, 1.54) is 19.2 Å². The Morgan fingerprint density at radius 1 is 1.65 bits per heavy atom. The van der Waals surface area contributed by atoms with E-state index in [0.29, 0.717) is 5.69 Å². The minimum atomic E-state index is -0.635. The largest absolute Gasteiger partial charge is 0.506 e. The number of nitrogens with zero attached hydrogens (tertiary/aromatic N) is 1. The van der Waals surface area contributed by atoms with Gasteiger partial charge in [-0.05, 0) is 28.1 Å². The summed E-state index contributed by atoms with van der Waals surface area (Å²) in [6, 6.07) is 2.92. The van der Waals surface area contributed by atoms with Gasteiger partial charge >= 0.3 is 5.97 Å². The molecule has 1 aromatic rings. The highest BCUT2D eigenvalue weighted by atomic mass is 79.9. The molecule has 92 valence electrons. The molecule has 0 fully saturated rings. The van der Waals surface area contributed by atoms with Gasteiger partial charge in [-0.3, -0.25) is 0 Å². The van der Waals surface area contributed by atoms with Crippen LogP contribution in [-0.4, -0.2) is 29.9 Å². The Labute approximate surface area is 111 Å². The number of carbonyl (C=O) groups excluding carboxylic acids is 1. The lowest BCUT2D eigenvalue weighted by atomic mass is 10.2. The third-order valence-electron chi connectivity index (χ3n) is 1.90. The zero-order chi connectivity index (χ0) is 13.0. The fourth-order valence-electron chi connectivity index (χ4n) is 1.10. The highest BCUT2D eigenvalue weighted by Crippen LogP contribution is 2.36. The summed E-state index contributed by atoms with van der Waals surface area (Å²) in [7, 11) is 1.23. The Balaban J connectivity index is 3.24. The number of rotatable bonds is 3. The molecule has 0 aliphatic heterocycles. The molecule has 0 aliphatic rings. The second-order valence-corrected chi connectivity index (χ2v) is 4.08. The van der Waals surface area contributed by atoms with Gasteiger partial charge in [0.1, 0.15) is 17.1 Å². The average Bonchev–Trinajstić information content (AvgIpc) is 2.34. The molecule has 0 radical (unpaired) electrons. The monoisotopic (exact) mass is 320 g/mol. The minimum Gasteiger partial charge on any atom is -0.506 e. The number of hydrogen-bond acceptors (Lipinski definition) is 4. The molecule has 0 aliphatic carbocycles. The van der Waals surface area contributed by atoms with Crippen LogP contribution in [0.5, 0.6) is 5.75 Å². The number of alkyl halides is 1. The fourth-order valence-corrected chi connectivity index (χ4v) is 1.59. The normalized spacial score (nSPS) is 11.4. The number of methoxy groups -OCH3 is 1. The Bertz CT molecular complexity index is 477. The molecule has 0 amide bonds. The van der Waals surface area contributed by atoms with Gasteiger partial charge in [0.15, 0.2) is 0 Å².